The van der Waals surface area contributed by atoms with Gasteiger partial charge in [-0.15, -0.1) is 0 Å². The topological polar surface area (TPSA) is 74.9 Å². The predicted molar refractivity (Wildman–Crippen MR) is 142 cm³/mol. The summed E-state index contributed by atoms with van der Waals surface area (Å²) in [6.45, 7) is 4.93. The number of amides is 1. The zero-order valence-electron chi connectivity index (χ0n) is 20.8. The number of methoxy groups -OCH3 is 1. The van der Waals surface area contributed by atoms with Crippen molar-refractivity contribution in [3.8, 4) is 5.75 Å². The van der Waals surface area contributed by atoms with Crippen LogP contribution in [0.1, 0.15) is 60.2 Å². The molecular formula is C29H35N3O3. The number of aryl methyl sites for hydroxylation is 1. The highest BCUT2D eigenvalue weighted by Crippen LogP contribution is 2.40. The first-order valence-electron chi connectivity index (χ1n) is 12.4. The molecule has 0 spiro atoms. The van der Waals surface area contributed by atoms with Crippen LogP contribution in [-0.2, 0) is 4.74 Å². The van der Waals surface area contributed by atoms with Gasteiger partial charge >= 0.3 is 0 Å². The second-order valence-corrected chi connectivity index (χ2v) is 8.95. The van der Waals surface area contributed by atoms with E-state index < -0.39 is 0 Å². The number of rotatable bonds is 12. The average Bonchev–Trinajstić information content (AvgIpc) is 3.65. The largest absolute Gasteiger partial charge is 0.497 e. The summed E-state index contributed by atoms with van der Waals surface area (Å²) in [6, 6.07) is 21.8. The third kappa shape index (κ3) is 6.76. The van der Waals surface area contributed by atoms with E-state index in [2.05, 4.69) is 22.9 Å². The second-order valence-electron chi connectivity index (χ2n) is 8.95. The van der Waals surface area contributed by atoms with Crippen molar-refractivity contribution < 1.29 is 14.3 Å². The number of unbranched alkanes of at least 4 members (excludes halogenated alkanes) is 3. The molecule has 3 N–H and O–H groups in total. The molecule has 4 rings (SSSR count). The summed E-state index contributed by atoms with van der Waals surface area (Å²) in [6.07, 6.45) is 4.57. The van der Waals surface area contributed by atoms with E-state index in [1.165, 1.54) is 12.8 Å². The van der Waals surface area contributed by atoms with Crippen molar-refractivity contribution in [3.05, 3.63) is 83.4 Å². The molecule has 0 aliphatic carbocycles. The molecule has 0 radical (unpaired) electrons. The highest BCUT2D eigenvalue weighted by atomic mass is 16.6. The van der Waals surface area contributed by atoms with Crippen LogP contribution in [0.3, 0.4) is 0 Å². The van der Waals surface area contributed by atoms with Gasteiger partial charge in [-0.2, -0.15) is 0 Å². The maximum absolute atomic E-state index is 12.4. The van der Waals surface area contributed by atoms with Crippen LogP contribution in [0.25, 0.3) is 0 Å². The van der Waals surface area contributed by atoms with Gasteiger partial charge in [0.15, 0.2) is 6.23 Å². The number of benzene rings is 3. The lowest BCUT2D eigenvalue weighted by molar-refractivity contribution is 0.0953. The normalized spacial score (nSPS) is 16.4. The van der Waals surface area contributed by atoms with Gasteiger partial charge in [-0.25, -0.2) is 0 Å². The van der Waals surface area contributed by atoms with Crippen molar-refractivity contribution in [2.75, 3.05) is 24.3 Å². The molecule has 184 valence electrons. The summed E-state index contributed by atoms with van der Waals surface area (Å²) in [5, 5.41) is 9.88. The van der Waals surface area contributed by atoms with Gasteiger partial charge in [0.2, 0.25) is 0 Å². The minimum absolute atomic E-state index is 0.0129. The van der Waals surface area contributed by atoms with E-state index in [1.807, 2.05) is 73.7 Å². The zero-order valence-corrected chi connectivity index (χ0v) is 20.8. The molecule has 1 aliphatic heterocycles. The number of hydrogen-bond acceptors (Lipinski definition) is 5. The van der Waals surface area contributed by atoms with E-state index in [-0.39, 0.29) is 18.2 Å². The quantitative estimate of drug-likeness (QED) is 0.205. The first-order chi connectivity index (χ1) is 17.1. The maximum atomic E-state index is 12.4. The van der Waals surface area contributed by atoms with Crippen molar-refractivity contribution in [1.82, 2.24) is 5.32 Å². The Hall–Kier alpha value is -3.51. The Morgan fingerprint density at radius 3 is 2.51 bits per heavy atom. The number of epoxide rings is 1. The van der Waals surface area contributed by atoms with Crippen molar-refractivity contribution in [3.63, 3.8) is 0 Å². The average molecular weight is 474 g/mol. The van der Waals surface area contributed by atoms with E-state index in [4.69, 9.17) is 9.47 Å². The van der Waals surface area contributed by atoms with Crippen LogP contribution in [0.15, 0.2) is 66.7 Å². The number of anilines is 3. The number of hydrogen-bond donors (Lipinski definition) is 3. The number of nitrogens with one attached hydrogen (secondary N) is 3. The van der Waals surface area contributed by atoms with Gasteiger partial charge in [-0.1, -0.05) is 38.3 Å². The van der Waals surface area contributed by atoms with Crippen LogP contribution < -0.4 is 20.7 Å². The number of carbonyl (C=O) groups excluding carboxylic acids is 1. The molecule has 1 saturated heterocycles. The van der Waals surface area contributed by atoms with Crippen LogP contribution in [0, 0.1) is 6.92 Å². The molecule has 0 bridgehead atoms. The van der Waals surface area contributed by atoms with Crippen LogP contribution >= 0.6 is 0 Å². The molecule has 1 amide bonds. The van der Waals surface area contributed by atoms with Gasteiger partial charge in [0.05, 0.1) is 7.11 Å². The van der Waals surface area contributed by atoms with E-state index in [9.17, 15) is 4.79 Å². The second kappa shape index (κ2) is 11.8. The summed E-state index contributed by atoms with van der Waals surface area (Å²) in [4.78, 5) is 12.4. The van der Waals surface area contributed by atoms with E-state index >= 15 is 0 Å². The van der Waals surface area contributed by atoms with E-state index in [0.29, 0.717) is 5.56 Å². The fourth-order valence-corrected chi connectivity index (χ4v) is 4.06. The Labute approximate surface area is 208 Å². The van der Waals surface area contributed by atoms with Crippen molar-refractivity contribution in [2.45, 2.75) is 51.9 Å². The SMILES string of the molecule is CCCCCCNC(=O)c1ccc(Nc2ccc(NC3OC3c3cccc(OC)c3)cc2)c(C)c1. The van der Waals surface area contributed by atoms with Gasteiger partial charge in [-0.3, -0.25) is 4.79 Å². The minimum atomic E-state index is -0.0477. The third-order valence-corrected chi connectivity index (χ3v) is 6.19. The highest BCUT2D eigenvalue weighted by Gasteiger charge is 2.40. The van der Waals surface area contributed by atoms with Crippen LogP contribution in [-0.4, -0.2) is 25.8 Å². The summed E-state index contributed by atoms with van der Waals surface area (Å²) >= 11 is 0. The van der Waals surface area contributed by atoms with E-state index in [1.54, 1.807) is 7.11 Å². The lowest BCUT2D eigenvalue weighted by Gasteiger charge is -2.12. The molecule has 6 heteroatoms. The predicted octanol–water partition coefficient (Wildman–Crippen LogP) is 6.57. The summed E-state index contributed by atoms with van der Waals surface area (Å²) in [5.74, 6) is 0.819. The summed E-state index contributed by atoms with van der Waals surface area (Å²) < 4.78 is 11.1. The molecule has 0 saturated carbocycles. The van der Waals surface area contributed by atoms with Crippen LogP contribution in [0.5, 0.6) is 5.75 Å². The minimum Gasteiger partial charge on any atom is -0.497 e. The lowest BCUT2D eigenvalue weighted by atomic mass is 10.1. The summed E-state index contributed by atoms with van der Waals surface area (Å²) in [7, 11) is 1.67. The molecule has 1 heterocycles. The summed E-state index contributed by atoms with van der Waals surface area (Å²) in [5.41, 5.74) is 5.77. The number of ether oxygens (including phenoxy) is 2. The van der Waals surface area contributed by atoms with Gasteiger partial charge in [0.1, 0.15) is 11.9 Å². The smallest absolute Gasteiger partial charge is 0.251 e. The lowest BCUT2D eigenvalue weighted by Crippen LogP contribution is -2.24. The molecule has 35 heavy (non-hydrogen) atoms. The Morgan fingerprint density at radius 2 is 1.77 bits per heavy atom. The van der Waals surface area contributed by atoms with Crippen LogP contribution in [0.2, 0.25) is 0 Å². The standard InChI is InChI=1S/C29H35N3O3/c1-4-5-6-7-17-30-28(33)22-11-16-26(20(2)18-22)31-23-12-14-24(15-13-23)32-29-27(35-29)21-9-8-10-25(19-21)34-3/h8-16,18-19,27,29,31-32H,4-7,17H2,1-3H3,(H,30,33). The van der Waals surface area contributed by atoms with Crippen molar-refractivity contribution in [2.24, 2.45) is 0 Å². The Bertz CT molecular complexity index is 1130. The molecule has 0 aromatic heterocycles. The zero-order chi connectivity index (χ0) is 24.6. The highest BCUT2D eigenvalue weighted by molar-refractivity contribution is 5.95. The van der Waals surface area contributed by atoms with Crippen molar-refractivity contribution >= 4 is 23.0 Å². The monoisotopic (exact) mass is 473 g/mol. The van der Waals surface area contributed by atoms with Gasteiger partial charge in [-0.05, 0) is 79.1 Å². The molecule has 1 fully saturated rings. The fraction of sp³-hybridized carbons (Fsp3) is 0.345. The van der Waals surface area contributed by atoms with Gasteiger partial charge in [0, 0.05) is 29.2 Å². The van der Waals surface area contributed by atoms with Gasteiger partial charge in [0.25, 0.3) is 5.91 Å². The fourth-order valence-electron chi connectivity index (χ4n) is 4.06. The third-order valence-electron chi connectivity index (χ3n) is 6.19. The molecular weight excluding hydrogens is 438 g/mol. The molecule has 3 aromatic rings. The van der Waals surface area contributed by atoms with Gasteiger partial charge < -0.3 is 25.4 Å². The van der Waals surface area contributed by atoms with E-state index in [0.717, 1.165) is 53.3 Å². The Balaban J connectivity index is 1.28. The Kier molecular flexibility index (Phi) is 8.27. The molecule has 2 atom stereocenters. The maximum Gasteiger partial charge on any atom is 0.251 e. The first-order valence-corrected chi connectivity index (χ1v) is 12.4. The molecule has 3 aromatic carbocycles. The molecule has 6 nitrogen and oxygen atoms in total. The van der Waals surface area contributed by atoms with Crippen LogP contribution in [0.4, 0.5) is 17.1 Å². The first kappa shape index (κ1) is 24.6. The molecule has 2 unspecified atom stereocenters. The van der Waals surface area contributed by atoms with Crippen molar-refractivity contribution in [1.29, 1.82) is 0 Å². The molecule has 1 aliphatic rings. The number of carbonyl (C=O) groups is 1. The Morgan fingerprint density at radius 1 is 0.971 bits per heavy atom.